The number of nitrogens with one attached hydrogen (secondary N) is 1. The maximum Gasteiger partial charge on any atom is 0.124 e. The number of benzene rings is 3. The van der Waals surface area contributed by atoms with E-state index in [0.717, 1.165) is 38.1 Å². The number of ether oxygens (including phenoxy) is 1. The number of hydrogen-bond donors (Lipinski definition) is 2. The Bertz CT molecular complexity index is 860. The molecule has 0 aromatic heterocycles. The van der Waals surface area contributed by atoms with Crippen LogP contribution < -0.4 is 10.1 Å². The second kappa shape index (κ2) is 10.1. The first-order chi connectivity index (χ1) is 13.3. The molecule has 3 aromatic carbocycles. The van der Waals surface area contributed by atoms with Crippen molar-refractivity contribution in [2.24, 2.45) is 0 Å². The van der Waals surface area contributed by atoms with E-state index in [9.17, 15) is 0 Å². The van der Waals surface area contributed by atoms with Gasteiger partial charge in [-0.1, -0.05) is 60.2 Å². The lowest BCUT2D eigenvalue weighted by molar-refractivity contribution is 0.282. The molecule has 0 spiro atoms. The molecule has 27 heavy (non-hydrogen) atoms. The number of unbranched alkanes of at least 4 members (excludes halogenated alkanes) is 2. The Balaban J connectivity index is 1.73. The van der Waals surface area contributed by atoms with Gasteiger partial charge in [0.25, 0.3) is 0 Å². The molecule has 0 saturated carbocycles. The maximum absolute atomic E-state index is 8.89. The number of rotatable bonds is 10. The molecule has 0 heterocycles. The van der Waals surface area contributed by atoms with E-state index >= 15 is 0 Å². The van der Waals surface area contributed by atoms with E-state index in [1.165, 1.54) is 27.5 Å². The zero-order valence-corrected chi connectivity index (χ0v) is 16.1. The molecule has 3 nitrogen and oxygen atoms in total. The van der Waals surface area contributed by atoms with Crippen LogP contribution in [-0.2, 0) is 13.2 Å². The minimum absolute atomic E-state index is 0.278. The first-order valence-electron chi connectivity index (χ1n) is 9.78. The lowest BCUT2D eigenvalue weighted by Crippen LogP contribution is -2.16. The van der Waals surface area contributed by atoms with Crippen molar-refractivity contribution in [2.45, 2.75) is 39.3 Å². The summed E-state index contributed by atoms with van der Waals surface area (Å²) in [5, 5.41) is 14.9. The summed E-state index contributed by atoms with van der Waals surface area (Å²) in [6.45, 7) is 4.68. The Kier molecular flexibility index (Phi) is 7.26. The quantitative estimate of drug-likeness (QED) is 0.499. The number of fused-ring (bicyclic) bond motifs is 1. The van der Waals surface area contributed by atoms with Gasteiger partial charge in [-0.25, -0.2) is 0 Å². The largest absolute Gasteiger partial charge is 0.489 e. The van der Waals surface area contributed by atoms with Crippen LogP contribution in [0, 0.1) is 6.92 Å². The summed E-state index contributed by atoms with van der Waals surface area (Å²) in [5.74, 6) is 0.943. The lowest BCUT2D eigenvalue weighted by atomic mass is 10.0. The molecule has 0 bridgehead atoms. The van der Waals surface area contributed by atoms with Crippen LogP contribution in [0.15, 0.2) is 60.7 Å². The Labute approximate surface area is 162 Å². The SMILES string of the molecule is Cc1cccc(COc2ccc3ccccc3c2CNCCCCCO)c1. The lowest BCUT2D eigenvalue weighted by Gasteiger charge is -2.15. The number of aliphatic hydroxyl groups is 1. The van der Waals surface area contributed by atoms with Crippen LogP contribution in [0.2, 0.25) is 0 Å². The Hall–Kier alpha value is -2.36. The van der Waals surface area contributed by atoms with E-state index in [1.54, 1.807) is 0 Å². The molecule has 3 heteroatoms. The summed E-state index contributed by atoms with van der Waals surface area (Å²) in [6, 6.07) is 21.1. The molecule has 3 aromatic rings. The summed E-state index contributed by atoms with van der Waals surface area (Å²) in [4.78, 5) is 0. The Morgan fingerprint density at radius 1 is 0.926 bits per heavy atom. The highest BCUT2D eigenvalue weighted by Gasteiger charge is 2.09. The van der Waals surface area contributed by atoms with Crippen molar-refractivity contribution in [3.63, 3.8) is 0 Å². The van der Waals surface area contributed by atoms with Crippen LogP contribution in [0.25, 0.3) is 10.8 Å². The van der Waals surface area contributed by atoms with Gasteiger partial charge in [-0.15, -0.1) is 0 Å². The van der Waals surface area contributed by atoms with E-state index < -0.39 is 0 Å². The average molecular weight is 364 g/mol. The molecule has 2 N–H and O–H groups in total. The predicted octanol–water partition coefficient (Wildman–Crippen LogP) is 4.98. The summed E-state index contributed by atoms with van der Waals surface area (Å²) in [7, 11) is 0. The van der Waals surface area contributed by atoms with Gasteiger partial charge in [0, 0.05) is 18.7 Å². The monoisotopic (exact) mass is 363 g/mol. The molecule has 0 unspecified atom stereocenters. The summed E-state index contributed by atoms with van der Waals surface area (Å²) in [5.41, 5.74) is 3.65. The van der Waals surface area contributed by atoms with Crippen molar-refractivity contribution < 1.29 is 9.84 Å². The Morgan fingerprint density at radius 3 is 2.67 bits per heavy atom. The minimum atomic E-state index is 0.278. The molecule has 0 aliphatic rings. The van der Waals surface area contributed by atoms with Crippen LogP contribution in [0.5, 0.6) is 5.75 Å². The molecule has 0 atom stereocenters. The van der Waals surface area contributed by atoms with Crippen LogP contribution >= 0.6 is 0 Å². The number of aryl methyl sites for hydroxylation is 1. The van der Waals surface area contributed by atoms with Crippen LogP contribution in [0.1, 0.15) is 36.0 Å². The van der Waals surface area contributed by atoms with Gasteiger partial charge in [0.15, 0.2) is 0 Å². The van der Waals surface area contributed by atoms with E-state index in [4.69, 9.17) is 9.84 Å². The van der Waals surface area contributed by atoms with Gasteiger partial charge in [0.2, 0.25) is 0 Å². The molecular formula is C24H29NO2. The molecule has 142 valence electrons. The van der Waals surface area contributed by atoms with Gasteiger partial charge in [-0.3, -0.25) is 0 Å². The van der Waals surface area contributed by atoms with Gasteiger partial charge in [-0.2, -0.15) is 0 Å². The third-order valence-corrected chi connectivity index (χ3v) is 4.79. The van der Waals surface area contributed by atoms with E-state index in [2.05, 4.69) is 72.9 Å². The fourth-order valence-corrected chi connectivity index (χ4v) is 3.35. The first kappa shape index (κ1) is 19.4. The van der Waals surface area contributed by atoms with Gasteiger partial charge >= 0.3 is 0 Å². The number of hydrogen-bond acceptors (Lipinski definition) is 3. The normalized spacial score (nSPS) is 11.0. The topological polar surface area (TPSA) is 41.5 Å². The van der Waals surface area contributed by atoms with Crippen molar-refractivity contribution in [3.8, 4) is 5.75 Å². The van der Waals surface area contributed by atoms with Gasteiger partial charge < -0.3 is 15.2 Å². The zero-order chi connectivity index (χ0) is 18.9. The Morgan fingerprint density at radius 2 is 1.81 bits per heavy atom. The van der Waals surface area contributed by atoms with E-state index in [0.29, 0.717) is 6.61 Å². The smallest absolute Gasteiger partial charge is 0.124 e. The minimum Gasteiger partial charge on any atom is -0.489 e. The van der Waals surface area contributed by atoms with Crippen molar-refractivity contribution in [1.29, 1.82) is 0 Å². The molecule has 0 saturated heterocycles. The third kappa shape index (κ3) is 5.56. The molecule has 3 rings (SSSR count). The maximum atomic E-state index is 8.89. The van der Waals surface area contributed by atoms with Crippen molar-refractivity contribution in [3.05, 3.63) is 77.4 Å². The molecule has 0 aliphatic heterocycles. The molecule has 0 aliphatic carbocycles. The molecular weight excluding hydrogens is 334 g/mol. The summed E-state index contributed by atoms with van der Waals surface area (Å²) >= 11 is 0. The fourth-order valence-electron chi connectivity index (χ4n) is 3.35. The molecule has 0 amide bonds. The second-order valence-electron chi connectivity index (χ2n) is 7.00. The highest BCUT2D eigenvalue weighted by atomic mass is 16.5. The summed E-state index contributed by atoms with van der Waals surface area (Å²) in [6.07, 6.45) is 3.00. The van der Waals surface area contributed by atoms with Gasteiger partial charge in [-0.05, 0) is 55.1 Å². The highest BCUT2D eigenvalue weighted by molar-refractivity contribution is 5.87. The van der Waals surface area contributed by atoms with E-state index in [-0.39, 0.29) is 6.61 Å². The van der Waals surface area contributed by atoms with Crippen molar-refractivity contribution in [2.75, 3.05) is 13.2 Å². The first-order valence-corrected chi connectivity index (χ1v) is 9.78. The van der Waals surface area contributed by atoms with E-state index in [1.807, 2.05) is 0 Å². The van der Waals surface area contributed by atoms with Crippen LogP contribution in [-0.4, -0.2) is 18.3 Å². The van der Waals surface area contributed by atoms with Crippen molar-refractivity contribution >= 4 is 10.8 Å². The molecule has 0 fully saturated rings. The molecule has 0 radical (unpaired) electrons. The average Bonchev–Trinajstić information content (AvgIpc) is 2.69. The van der Waals surface area contributed by atoms with Crippen LogP contribution in [0.4, 0.5) is 0 Å². The summed E-state index contributed by atoms with van der Waals surface area (Å²) < 4.78 is 6.21. The van der Waals surface area contributed by atoms with Gasteiger partial charge in [0.05, 0.1) is 0 Å². The fraction of sp³-hybridized carbons (Fsp3) is 0.333. The predicted molar refractivity (Wildman–Crippen MR) is 112 cm³/mol. The second-order valence-corrected chi connectivity index (χ2v) is 7.00. The standard InChI is InChI=1S/C24H29NO2/c1-19-8-7-9-20(16-19)18-27-24-13-12-21-10-3-4-11-22(21)23(24)17-25-14-5-2-6-15-26/h3-4,7-13,16,25-26H,2,5-6,14-15,17-18H2,1H3. The third-order valence-electron chi connectivity index (χ3n) is 4.79. The van der Waals surface area contributed by atoms with Crippen molar-refractivity contribution in [1.82, 2.24) is 5.32 Å². The zero-order valence-electron chi connectivity index (χ0n) is 16.1. The van der Waals surface area contributed by atoms with Gasteiger partial charge in [0.1, 0.15) is 12.4 Å². The number of aliphatic hydroxyl groups excluding tert-OH is 1. The highest BCUT2D eigenvalue weighted by Crippen LogP contribution is 2.29. The van der Waals surface area contributed by atoms with Crippen LogP contribution in [0.3, 0.4) is 0 Å².